The number of hydrogen-bond acceptors (Lipinski definition) is 7. The molecular formula is C32H34F3N7O3. The second-order valence-corrected chi connectivity index (χ2v) is 11.1. The maximum atomic E-state index is 14.1. The number of nitrogens with one attached hydrogen (secondary N) is 1. The average molecular weight is 622 g/mol. The number of nitrogens with zero attached hydrogens (tertiary/aromatic N) is 6. The van der Waals surface area contributed by atoms with Crippen LogP contribution in [0.1, 0.15) is 35.6 Å². The molecule has 2 atom stereocenters. The number of alkyl halides is 3. The third-order valence-corrected chi connectivity index (χ3v) is 7.52. The molecule has 0 saturated carbocycles. The summed E-state index contributed by atoms with van der Waals surface area (Å²) in [6.45, 7) is 2.23. The van der Waals surface area contributed by atoms with Crippen LogP contribution in [0.4, 0.5) is 24.5 Å². The van der Waals surface area contributed by atoms with Crippen molar-refractivity contribution in [1.29, 1.82) is 0 Å². The molecule has 3 aromatic carbocycles. The largest absolute Gasteiger partial charge is 0.416 e. The molecule has 1 aliphatic heterocycles. The number of amides is 2. The van der Waals surface area contributed by atoms with E-state index >= 15 is 0 Å². The van der Waals surface area contributed by atoms with Gasteiger partial charge < -0.3 is 15.0 Å². The Kier molecular flexibility index (Phi) is 9.47. The Morgan fingerprint density at radius 2 is 1.78 bits per heavy atom. The first-order valence-electron chi connectivity index (χ1n) is 14.5. The molecule has 1 aliphatic rings. The molecule has 1 aromatic heterocycles. The maximum Gasteiger partial charge on any atom is 0.416 e. The highest BCUT2D eigenvalue weighted by Gasteiger charge is 2.36. The summed E-state index contributed by atoms with van der Waals surface area (Å²) in [4.78, 5) is 32.1. The number of tetrazole rings is 1. The zero-order chi connectivity index (χ0) is 32.1. The first-order valence-corrected chi connectivity index (χ1v) is 14.5. The molecule has 1 saturated heterocycles. The highest BCUT2D eigenvalue weighted by Crippen LogP contribution is 2.35. The summed E-state index contributed by atoms with van der Waals surface area (Å²) in [5.74, 6) is -1.00. The number of benzene rings is 3. The van der Waals surface area contributed by atoms with Crippen molar-refractivity contribution in [3.05, 3.63) is 89.5 Å². The molecule has 0 spiro atoms. The smallest absolute Gasteiger partial charge is 0.378 e. The fourth-order valence-corrected chi connectivity index (χ4v) is 5.08. The number of carbonyl (C=O) groups excluding carboxylic acids is 2. The first kappa shape index (κ1) is 31.6. The summed E-state index contributed by atoms with van der Waals surface area (Å²) in [5, 5.41) is 15.2. The minimum atomic E-state index is -4.67. The third-order valence-electron chi connectivity index (χ3n) is 7.52. The zero-order valence-electron chi connectivity index (χ0n) is 25.2. The number of rotatable bonds is 10. The summed E-state index contributed by atoms with van der Waals surface area (Å²) in [5.41, 5.74) is 1.90. The van der Waals surface area contributed by atoms with Crippen molar-refractivity contribution in [2.24, 2.45) is 0 Å². The van der Waals surface area contributed by atoms with E-state index in [0.29, 0.717) is 17.7 Å². The number of aryl methyl sites for hydroxylation is 1. The zero-order valence-corrected chi connectivity index (χ0v) is 25.2. The Labute approximate surface area is 258 Å². The first-order chi connectivity index (χ1) is 21.5. The molecule has 0 bridgehead atoms. The van der Waals surface area contributed by atoms with E-state index in [1.165, 1.54) is 12.1 Å². The summed E-state index contributed by atoms with van der Waals surface area (Å²) < 4.78 is 47.1. The Balaban J connectivity index is 1.54. The van der Waals surface area contributed by atoms with Gasteiger partial charge in [0.1, 0.15) is 12.6 Å². The van der Waals surface area contributed by atoms with E-state index in [-0.39, 0.29) is 24.2 Å². The van der Waals surface area contributed by atoms with Crippen molar-refractivity contribution < 1.29 is 27.5 Å². The summed E-state index contributed by atoms with van der Waals surface area (Å²) >= 11 is 0. The van der Waals surface area contributed by atoms with Gasteiger partial charge in [0.05, 0.1) is 11.7 Å². The number of hydrogen-bond donors (Lipinski definition) is 1. The summed E-state index contributed by atoms with van der Waals surface area (Å²) in [7, 11) is 3.71. The minimum Gasteiger partial charge on any atom is -0.378 e. The van der Waals surface area contributed by atoms with Crippen molar-refractivity contribution in [2.45, 2.75) is 44.6 Å². The lowest BCUT2D eigenvalue weighted by molar-refractivity contribution is -0.137. The van der Waals surface area contributed by atoms with E-state index in [1.54, 1.807) is 24.3 Å². The van der Waals surface area contributed by atoms with Crippen LogP contribution in [-0.2, 0) is 27.0 Å². The van der Waals surface area contributed by atoms with E-state index in [4.69, 9.17) is 4.74 Å². The van der Waals surface area contributed by atoms with Crippen LogP contribution in [0.5, 0.6) is 0 Å². The molecule has 2 heterocycles. The average Bonchev–Trinajstić information content (AvgIpc) is 3.71. The van der Waals surface area contributed by atoms with Crippen LogP contribution in [0.15, 0.2) is 72.8 Å². The SMILES string of the molecule is Cc1ccc(-c2nnn(CC(=O)N(c3cccc(C(F)(F)F)c3)[C@@H](C(=O)NC[C@H]3CCCO3)c3ccc(N(C)C)cc3)n2)cc1. The van der Waals surface area contributed by atoms with Gasteiger partial charge >= 0.3 is 6.18 Å². The Morgan fingerprint density at radius 3 is 2.42 bits per heavy atom. The van der Waals surface area contributed by atoms with Crippen LogP contribution in [0, 0.1) is 6.92 Å². The van der Waals surface area contributed by atoms with Gasteiger partial charge in [-0.15, -0.1) is 10.2 Å². The molecule has 1 fully saturated rings. The van der Waals surface area contributed by atoms with Gasteiger partial charge in [-0.1, -0.05) is 48.0 Å². The quantitative estimate of drug-likeness (QED) is 0.271. The molecule has 0 radical (unpaired) electrons. The van der Waals surface area contributed by atoms with Gasteiger partial charge in [-0.05, 0) is 60.9 Å². The van der Waals surface area contributed by atoms with Crippen LogP contribution in [-0.4, -0.2) is 65.4 Å². The van der Waals surface area contributed by atoms with Gasteiger partial charge in [-0.2, -0.15) is 18.0 Å². The van der Waals surface area contributed by atoms with E-state index in [0.717, 1.165) is 45.9 Å². The molecule has 10 nitrogen and oxygen atoms in total. The predicted octanol–water partition coefficient (Wildman–Crippen LogP) is 4.80. The summed E-state index contributed by atoms with van der Waals surface area (Å²) in [6, 6.07) is 17.4. The lowest BCUT2D eigenvalue weighted by atomic mass is 10.0. The third kappa shape index (κ3) is 7.66. The molecule has 45 heavy (non-hydrogen) atoms. The van der Waals surface area contributed by atoms with Gasteiger partial charge in [0.25, 0.3) is 5.91 Å². The van der Waals surface area contributed by atoms with Gasteiger partial charge in [0.15, 0.2) is 0 Å². The monoisotopic (exact) mass is 621 g/mol. The van der Waals surface area contributed by atoms with Crippen LogP contribution < -0.4 is 15.1 Å². The molecular weight excluding hydrogens is 587 g/mol. The molecule has 2 amide bonds. The second-order valence-electron chi connectivity index (χ2n) is 11.1. The fraction of sp³-hybridized carbons (Fsp3) is 0.344. The lowest BCUT2D eigenvalue weighted by Gasteiger charge is -2.32. The number of aromatic nitrogens is 4. The second kappa shape index (κ2) is 13.5. The van der Waals surface area contributed by atoms with Crippen LogP contribution in [0.25, 0.3) is 11.4 Å². The van der Waals surface area contributed by atoms with Gasteiger partial charge in [0.2, 0.25) is 11.7 Å². The van der Waals surface area contributed by atoms with E-state index in [1.807, 2.05) is 50.2 Å². The Hall–Kier alpha value is -4.78. The molecule has 1 N–H and O–H groups in total. The van der Waals surface area contributed by atoms with E-state index in [2.05, 4.69) is 20.7 Å². The molecule has 5 rings (SSSR count). The highest BCUT2D eigenvalue weighted by molar-refractivity contribution is 6.01. The van der Waals surface area contributed by atoms with Crippen molar-refractivity contribution in [2.75, 3.05) is 37.0 Å². The molecule has 236 valence electrons. The molecule has 4 aromatic rings. The number of carbonyl (C=O) groups is 2. The fourth-order valence-electron chi connectivity index (χ4n) is 5.08. The standard InChI is InChI=1S/C32H34F3N7O3/c1-21-9-11-23(12-10-21)30-37-39-41(38-30)20-28(43)42(26-7-4-6-24(18-26)32(33,34)35)29(22-13-15-25(16-14-22)40(2)3)31(44)36-19-27-8-5-17-45-27/h4,6-7,9-16,18,27,29H,5,8,17,19-20H2,1-3H3,(H,36,44)/t27-,29-/m1/s1. The van der Waals surface area contributed by atoms with Crippen molar-refractivity contribution in [3.63, 3.8) is 0 Å². The molecule has 13 heteroatoms. The summed E-state index contributed by atoms with van der Waals surface area (Å²) in [6.07, 6.45) is -3.24. The van der Waals surface area contributed by atoms with Crippen molar-refractivity contribution in [1.82, 2.24) is 25.5 Å². The number of ether oxygens (including phenoxy) is 1. The minimum absolute atomic E-state index is 0.109. The predicted molar refractivity (Wildman–Crippen MR) is 162 cm³/mol. The van der Waals surface area contributed by atoms with Crippen LogP contribution in [0.2, 0.25) is 0 Å². The maximum absolute atomic E-state index is 14.1. The van der Waals surface area contributed by atoms with E-state index in [9.17, 15) is 22.8 Å². The topological polar surface area (TPSA) is 105 Å². The van der Waals surface area contributed by atoms with Gasteiger partial charge in [-0.3, -0.25) is 14.5 Å². The lowest BCUT2D eigenvalue weighted by Crippen LogP contribution is -2.46. The highest BCUT2D eigenvalue weighted by atomic mass is 19.4. The number of anilines is 2. The molecule has 0 aliphatic carbocycles. The van der Waals surface area contributed by atoms with Crippen LogP contribution >= 0.6 is 0 Å². The normalized spacial score (nSPS) is 15.5. The van der Waals surface area contributed by atoms with Gasteiger partial charge in [0, 0.05) is 44.2 Å². The Morgan fingerprint density at radius 1 is 1.04 bits per heavy atom. The van der Waals surface area contributed by atoms with Crippen molar-refractivity contribution in [3.8, 4) is 11.4 Å². The van der Waals surface area contributed by atoms with E-state index < -0.39 is 36.1 Å². The Bertz CT molecular complexity index is 1620. The molecule has 0 unspecified atom stereocenters. The number of halogens is 3. The van der Waals surface area contributed by atoms with Gasteiger partial charge in [-0.25, -0.2) is 0 Å². The van der Waals surface area contributed by atoms with Crippen LogP contribution in [0.3, 0.4) is 0 Å². The van der Waals surface area contributed by atoms with Crippen molar-refractivity contribution >= 4 is 23.2 Å².